The standard InChI is InChI=1S/C15H10N2O4/c1-8-4-5-9(7-11(8)15(20)21)17-13(18)10-3-2-6-16-12(10)14(17)19/h2-7H,1H3,(H,20,21). The van der Waals surface area contributed by atoms with E-state index >= 15 is 0 Å². The minimum absolute atomic E-state index is 0.0528. The van der Waals surface area contributed by atoms with Crippen LogP contribution in [0.4, 0.5) is 5.69 Å². The van der Waals surface area contributed by atoms with Gasteiger partial charge in [0, 0.05) is 6.20 Å². The Bertz CT molecular complexity index is 763. The Kier molecular flexibility index (Phi) is 2.79. The fraction of sp³-hybridized carbons (Fsp3) is 0.0667. The van der Waals surface area contributed by atoms with Crippen molar-refractivity contribution >= 4 is 23.5 Å². The van der Waals surface area contributed by atoms with Crippen molar-refractivity contribution in [3.05, 3.63) is 58.9 Å². The molecule has 3 rings (SSSR count). The molecule has 0 atom stereocenters. The van der Waals surface area contributed by atoms with E-state index in [0.717, 1.165) is 4.90 Å². The highest BCUT2D eigenvalue weighted by Gasteiger charge is 2.37. The van der Waals surface area contributed by atoms with Gasteiger partial charge in [-0.2, -0.15) is 0 Å². The Morgan fingerprint density at radius 2 is 1.95 bits per heavy atom. The molecule has 0 saturated heterocycles. The molecule has 2 heterocycles. The van der Waals surface area contributed by atoms with Crippen LogP contribution < -0.4 is 4.90 Å². The minimum atomic E-state index is -1.11. The number of aromatic nitrogens is 1. The van der Waals surface area contributed by atoms with E-state index in [4.69, 9.17) is 5.11 Å². The van der Waals surface area contributed by atoms with Gasteiger partial charge in [0.2, 0.25) is 0 Å². The van der Waals surface area contributed by atoms with Crippen molar-refractivity contribution in [2.24, 2.45) is 0 Å². The molecule has 6 nitrogen and oxygen atoms in total. The van der Waals surface area contributed by atoms with E-state index in [1.54, 1.807) is 25.1 Å². The third-order valence-corrected chi connectivity index (χ3v) is 3.36. The van der Waals surface area contributed by atoms with Crippen molar-refractivity contribution in [2.45, 2.75) is 6.92 Å². The van der Waals surface area contributed by atoms with Gasteiger partial charge < -0.3 is 5.11 Å². The molecule has 0 fully saturated rings. The molecule has 2 amide bonds. The fourth-order valence-electron chi connectivity index (χ4n) is 2.28. The largest absolute Gasteiger partial charge is 0.478 e. The normalized spacial score (nSPS) is 13.5. The Balaban J connectivity index is 2.11. The molecule has 0 aliphatic carbocycles. The molecule has 1 aromatic heterocycles. The van der Waals surface area contributed by atoms with Gasteiger partial charge in [-0.3, -0.25) is 14.6 Å². The van der Waals surface area contributed by atoms with Crippen LogP contribution in [-0.2, 0) is 0 Å². The number of aromatic carboxylic acids is 1. The molecule has 1 N–H and O–H groups in total. The van der Waals surface area contributed by atoms with Crippen LogP contribution in [0.5, 0.6) is 0 Å². The third kappa shape index (κ3) is 1.88. The van der Waals surface area contributed by atoms with Crippen LogP contribution in [0.15, 0.2) is 36.5 Å². The van der Waals surface area contributed by atoms with Crippen LogP contribution in [0.3, 0.4) is 0 Å². The van der Waals surface area contributed by atoms with Gasteiger partial charge in [-0.25, -0.2) is 9.69 Å². The zero-order valence-corrected chi connectivity index (χ0v) is 11.0. The van der Waals surface area contributed by atoms with Crippen molar-refractivity contribution in [3.63, 3.8) is 0 Å². The van der Waals surface area contributed by atoms with Crippen LogP contribution >= 0.6 is 0 Å². The zero-order chi connectivity index (χ0) is 15.1. The average molecular weight is 282 g/mol. The maximum atomic E-state index is 12.3. The highest BCUT2D eigenvalue weighted by atomic mass is 16.4. The van der Waals surface area contributed by atoms with Crippen molar-refractivity contribution in [1.82, 2.24) is 4.98 Å². The van der Waals surface area contributed by atoms with E-state index in [0.29, 0.717) is 5.56 Å². The van der Waals surface area contributed by atoms with E-state index in [-0.39, 0.29) is 22.5 Å². The van der Waals surface area contributed by atoms with E-state index < -0.39 is 17.8 Å². The number of hydrogen-bond acceptors (Lipinski definition) is 4. The number of carbonyl (C=O) groups excluding carboxylic acids is 2. The number of aryl methyl sites for hydroxylation is 1. The molecule has 0 spiro atoms. The maximum absolute atomic E-state index is 12.3. The minimum Gasteiger partial charge on any atom is -0.478 e. The smallest absolute Gasteiger partial charge is 0.336 e. The average Bonchev–Trinajstić information content (AvgIpc) is 2.72. The van der Waals surface area contributed by atoms with Crippen LogP contribution in [0.25, 0.3) is 0 Å². The molecule has 0 unspecified atom stereocenters. The zero-order valence-electron chi connectivity index (χ0n) is 11.0. The lowest BCUT2D eigenvalue weighted by atomic mass is 10.1. The van der Waals surface area contributed by atoms with Gasteiger partial charge in [0.05, 0.1) is 16.8 Å². The molecule has 0 bridgehead atoms. The molecule has 104 valence electrons. The van der Waals surface area contributed by atoms with E-state index in [2.05, 4.69) is 4.98 Å². The van der Waals surface area contributed by atoms with Gasteiger partial charge in [0.15, 0.2) is 0 Å². The molecule has 1 aliphatic rings. The first-order valence-electron chi connectivity index (χ1n) is 6.18. The summed E-state index contributed by atoms with van der Waals surface area (Å²) < 4.78 is 0. The summed E-state index contributed by atoms with van der Waals surface area (Å²) in [6.45, 7) is 1.65. The number of carboxylic acids is 1. The number of hydrogen-bond donors (Lipinski definition) is 1. The monoisotopic (exact) mass is 282 g/mol. The van der Waals surface area contributed by atoms with Crippen molar-refractivity contribution < 1.29 is 19.5 Å². The summed E-state index contributed by atoms with van der Waals surface area (Å²) in [7, 11) is 0. The van der Waals surface area contributed by atoms with Crippen molar-refractivity contribution in [2.75, 3.05) is 4.90 Å². The Morgan fingerprint density at radius 1 is 1.19 bits per heavy atom. The van der Waals surface area contributed by atoms with E-state index in [1.807, 2.05) is 0 Å². The lowest BCUT2D eigenvalue weighted by molar-refractivity contribution is 0.0695. The van der Waals surface area contributed by atoms with E-state index in [9.17, 15) is 14.4 Å². The molecule has 0 saturated carbocycles. The lowest BCUT2D eigenvalue weighted by Crippen LogP contribution is -2.29. The summed E-state index contributed by atoms with van der Waals surface area (Å²) in [5.74, 6) is -2.15. The second-order valence-electron chi connectivity index (χ2n) is 4.65. The highest BCUT2D eigenvalue weighted by molar-refractivity contribution is 6.33. The number of benzene rings is 1. The number of fused-ring (bicyclic) bond motifs is 1. The lowest BCUT2D eigenvalue weighted by Gasteiger charge is -2.15. The molecular weight excluding hydrogens is 272 g/mol. The molecule has 21 heavy (non-hydrogen) atoms. The second-order valence-corrected chi connectivity index (χ2v) is 4.65. The number of carbonyl (C=O) groups is 3. The number of pyridine rings is 1. The van der Waals surface area contributed by atoms with Gasteiger partial charge in [0.1, 0.15) is 5.69 Å². The predicted molar refractivity (Wildman–Crippen MR) is 73.5 cm³/mol. The molecular formula is C15H10N2O4. The Morgan fingerprint density at radius 3 is 2.62 bits per heavy atom. The second kappa shape index (κ2) is 4.52. The van der Waals surface area contributed by atoms with Gasteiger partial charge >= 0.3 is 5.97 Å². The third-order valence-electron chi connectivity index (χ3n) is 3.36. The predicted octanol–water partition coefficient (Wildman–Crippen LogP) is 1.89. The summed E-state index contributed by atoms with van der Waals surface area (Å²) in [4.78, 5) is 40.6. The fourth-order valence-corrected chi connectivity index (χ4v) is 2.28. The molecule has 6 heteroatoms. The summed E-state index contributed by atoms with van der Waals surface area (Å²) in [6.07, 6.45) is 1.44. The summed E-state index contributed by atoms with van der Waals surface area (Å²) in [6, 6.07) is 7.53. The number of imide groups is 1. The van der Waals surface area contributed by atoms with Gasteiger partial charge in [0.25, 0.3) is 11.8 Å². The van der Waals surface area contributed by atoms with Crippen LogP contribution in [0, 0.1) is 6.92 Å². The topological polar surface area (TPSA) is 87.6 Å². The summed E-state index contributed by atoms with van der Waals surface area (Å²) >= 11 is 0. The summed E-state index contributed by atoms with van der Waals surface area (Å²) in [5, 5.41) is 9.14. The molecule has 1 aliphatic heterocycles. The quantitative estimate of drug-likeness (QED) is 0.850. The van der Waals surface area contributed by atoms with Gasteiger partial charge in [-0.15, -0.1) is 0 Å². The number of anilines is 1. The molecule has 2 aromatic rings. The van der Waals surface area contributed by atoms with Crippen LogP contribution in [0.2, 0.25) is 0 Å². The first kappa shape index (κ1) is 13.0. The van der Waals surface area contributed by atoms with Crippen molar-refractivity contribution in [3.8, 4) is 0 Å². The SMILES string of the molecule is Cc1ccc(N2C(=O)c3cccnc3C2=O)cc1C(=O)O. The Hall–Kier alpha value is -3.02. The highest BCUT2D eigenvalue weighted by Crippen LogP contribution is 2.28. The van der Waals surface area contributed by atoms with Crippen LogP contribution in [-0.4, -0.2) is 27.9 Å². The number of nitrogens with zero attached hydrogens (tertiary/aromatic N) is 2. The molecule has 1 aromatic carbocycles. The number of rotatable bonds is 2. The number of amides is 2. The van der Waals surface area contributed by atoms with E-state index in [1.165, 1.54) is 18.3 Å². The molecule has 0 radical (unpaired) electrons. The number of carboxylic acid groups (broad SMARTS) is 1. The van der Waals surface area contributed by atoms with Crippen LogP contribution in [0.1, 0.15) is 36.8 Å². The summed E-state index contributed by atoms with van der Waals surface area (Å²) in [5.41, 5.74) is 1.14. The first-order chi connectivity index (χ1) is 10.0. The van der Waals surface area contributed by atoms with Gasteiger partial charge in [-0.05, 0) is 36.8 Å². The Labute approximate surface area is 119 Å². The maximum Gasteiger partial charge on any atom is 0.336 e. The first-order valence-corrected chi connectivity index (χ1v) is 6.18. The van der Waals surface area contributed by atoms with Gasteiger partial charge in [-0.1, -0.05) is 6.07 Å². The van der Waals surface area contributed by atoms with Crippen molar-refractivity contribution in [1.29, 1.82) is 0 Å².